The molecular formula is C17H15BrN2O2. The van der Waals surface area contributed by atoms with Crippen molar-refractivity contribution in [2.75, 3.05) is 0 Å². The topological polar surface area (TPSA) is 58.3 Å². The van der Waals surface area contributed by atoms with Gasteiger partial charge in [-0.25, -0.2) is 4.68 Å². The van der Waals surface area contributed by atoms with Gasteiger partial charge in [-0.2, -0.15) is 5.10 Å². The molecule has 1 atom stereocenters. The molecule has 4 nitrogen and oxygen atoms in total. The molecule has 0 aliphatic heterocycles. The Morgan fingerprint density at radius 2 is 1.73 bits per heavy atom. The third kappa shape index (κ3) is 2.97. The van der Waals surface area contributed by atoms with E-state index in [1.54, 1.807) is 10.9 Å². The minimum Gasteiger partial charge on any atom is -0.392 e. The molecule has 0 saturated heterocycles. The Kier molecular flexibility index (Phi) is 4.38. The molecule has 22 heavy (non-hydrogen) atoms. The first-order valence-electron chi connectivity index (χ1n) is 6.87. The van der Waals surface area contributed by atoms with E-state index >= 15 is 0 Å². The molecule has 0 fully saturated rings. The van der Waals surface area contributed by atoms with E-state index in [1.807, 2.05) is 54.6 Å². The van der Waals surface area contributed by atoms with Gasteiger partial charge in [0, 0.05) is 16.2 Å². The van der Waals surface area contributed by atoms with Gasteiger partial charge in [-0.05, 0) is 29.8 Å². The van der Waals surface area contributed by atoms with Crippen LogP contribution in [0.5, 0.6) is 0 Å². The van der Waals surface area contributed by atoms with Crippen molar-refractivity contribution in [2.45, 2.75) is 12.7 Å². The summed E-state index contributed by atoms with van der Waals surface area (Å²) in [6.45, 7) is -0.171. The van der Waals surface area contributed by atoms with Crippen molar-refractivity contribution in [3.05, 3.63) is 82.1 Å². The molecule has 1 unspecified atom stereocenters. The summed E-state index contributed by atoms with van der Waals surface area (Å²) < 4.78 is 2.65. The van der Waals surface area contributed by atoms with Crippen LogP contribution in [0.1, 0.15) is 22.9 Å². The van der Waals surface area contributed by atoms with Crippen molar-refractivity contribution in [3.63, 3.8) is 0 Å². The minimum atomic E-state index is -0.861. The lowest BCUT2D eigenvalue weighted by molar-refractivity contribution is 0.208. The Labute approximate surface area is 136 Å². The van der Waals surface area contributed by atoms with E-state index in [0.29, 0.717) is 11.3 Å². The molecule has 1 heterocycles. The lowest BCUT2D eigenvalue weighted by Crippen LogP contribution is -2.04. The number of aromatic nitrogens is 2. The monoisotopic (exact) mass is 358 g/mol. The van der Waals surface area contributed by atoms with E-state index in [-0.39, 0.29) is 6.61 Å². The van der Waals surface area contributed by atoms with Crippen molar-refractivity contribution in [3.8, 4) is 5.69 Å². The highest BCUT2D eigenvalue weighted by Crippen LogP contribution is 2.25. The average molecular weight is 359 g/mol. The van der Waals surface area contributed by atoms with Crippen molar-refractivity contribution >= 4 is 15.9 Å². The van der Waals surface area contributed by atoms with Gasteiger partial charge in [0.15, 0.2) is 0 Å². The molecule has 0 radical (unpaired) electrons. The van der Waals surface area contributed by atoms with E-state index in [2.05, 4.69) is 21.0 Å². The second-order valence-corrected chi connectivity index (χ2v) is 5.85. The van der Waals surface area contributed by atoms with Crippen molar-refractivity contribution in [2.24, 2.45) is 0 Å². The second-order valence-electron chi connectivity index (χ2n) is 4.93. The first-order chi connectivity index (χ1) is 10.7. The Morgan fingerprint density at radius 3 is 2.36 bits per heavy atom. The highest BCUT2D eigenvalue weighted by Gasteiger charge is 2.19. The minimum absolute atomic E-state index is 0.171. The lowest BCUT2D eigenvalue weighted by Gasteiger charge is -2.09. The van der Waals surface area contributed by atoms with Crippen molar-refractivity contribution in [1.82, 2.24) is 9.78 Å². The van der Waals surface area contributed by atoms with Gasteiger partial charge in [-0.1, -0.05) is 46.3 Å². The van der Waals surface area contributed by atoms with Gasteiger partial charge in [0.2, 0.25) is 0 Å². The van der Waals surface area contributed by atoms with Crippen LogP contribution in [0, 0.1) is 0 Å². The summed E-state index contributed by atoms with van der Waals surface area (Å²) in [7, 11) is 0. The van der Waals surface area contributed by atoms with Gasteiger partial charge in [-0.15, -0.1) is 0 Å². The van der Waals surface area contributed by atoms with Gasteiger partial charge in [0.05, 0.1) is 12.3 Å². The molecule has 0 saturated carbocycles. The SMILES string of the molecule is OCc1cn(-c2ccc(Br)cc2)nc1C(O)c1ccccc1. The molecule has 112 valence electrons. The molecular weight excluding hydrogens is 344 g/mol. The van der Waals surface area contributed by atoms with Crippen LogP contribution in [-0.4, -0.2) is 20.0 Å². The number of hydrogen-bond donors (Lipinski definition) is 2. The maximum Gasteiger partial charge on any atom is 0.123 e. The van der Waals surface area contributed by atoms with E-state index in [0.717, 1.165) is 15.7 Å². The van der Waals surface area contributed by atoms with Gasteiger partial charge in [0.1, 0.15) is 11.8 Å². The molecule has 0 aliphatic rings. The fourth-order valence-electron chi connectivity index (χ4n) is 2.29. The summed E-state index contributed by atoms with van der Waals surface area (Å²) in [6, 6.07) is 17.0. The number of nitrogens with zero attached hydrogens (tertiary/aromatic N) is 2. The number of benzene rings is 2. The smallest absolute Gasteiger partial charge is 0.123 e. The Balaban J connectivity index is 2.00. The summed E-state index contributed by atoms with van der Waals surface area (Å²) in [5.74, 6) is 0. The van der Waals surface area contributed by atoms with Crippen LogP contribution in [0.4, 0.5) is 0 Å². The summed E-state index contributed by atoms with van der Waals surface area (Å²) in [5, 5.41) is 24.5. The number of aliphatic hydroxyl groups is 2. The molecule has 2 aromatic carbocycles. The highest BCUT2D eigenvalue weighted by atomic mass is 79.9. The predicted molar refractivity (Wildman–Crippen MR) is 87.7 cm³/mol. The van der Waals surface area contributed by atoms with Gasteiger partial charge in [-0.3, -0.25) is 0 Å². The predicted octanol–water partition coefficient (Wildman–Crippen LogP) is 3.21. The van der Waals surface area contributed by atoms with Crippen LogP contribution in [-0.2, 0) is 6.61 Å². The molecule has 0 spiro atoms. The average Bonchev–Trinajstić information content (AvgIpc) is 3.00. The molecule has 2 N–H and O–H groups in total. The van der Waals surface area contributed by atoms with Crippen LogP contribution in [0.25, 0.3) is 5.69 Å². The van der Waals surface area contributed by atoms with Crippen LogP contribution < -0.4 is 0 Å². The lowest BCUT2D eigenvalue weighted by atomic mass is 10.0. The summed E-state index contributed by atoms with van der Waals surface area (Å²) in [4.78, 5) is 0. The first kappa shape index (κ1) is 15.0. The normalized spacial score (nSPS) is 12.3. The zero-order chi connectivity index (χ0) is 15.5. The molecule has 0 amide bonds. The molecule has 0 bridgehead atoms. The summed E-state index contributed by atoms with van der Waals surface area (Å²) in [5.41, 5.74) is 2.69. The van der Waals surface area contributed by atoms with Gasteiger partial charge < -0.3 is 10.2 Å². The molecule has 1 aromatic heterocycles. The van der Waals surface area contributed by atoms with Crippen LogP contribution in [0.3, 0.4) is 0 Å². The standard InChI is InChI=1S/C17H15BrN2O2/c18-14-6-8-15(9-7-14)20-10-13(11-21)16(19-20)17(22)12-4-2-1-3-5-12/h1-10,17,21-22H,11H2. The van der Waals surface area contributed by atoms with Gasteiger partial charge >= 0.3 is 0 Å². The zero-order valence-electron chi connectivity index (χ0n) is 11.7. The number of aliphatic hydroxyl groups excluding tert-OH is 2. The molecule has 3 rings (SSSR count). The van der Waals surface area contributed by atoms with E-state index < -0.39 is 6.10 Å². The fraction of sp³-hybridized carbons (Fsp3) is 0.118. The van der Waals surface area contributed by atoms with Crippen LogP contribution >= 0.6 is 15.9 Å². The summed E-state index contributed by atoms with van der Waals surface area (Å²) >= 11 is 3.40. The highest BCUT2D eigenvalue weighted by molar-refractivity contribution is 9.10. The quantitative estimate of drug-likeness (QED) is 0.752. The third-order valence-electron chi connectivity index (χ3n) is 3.46. The maximum absolute atomic E-state index is 10.5. The number of rotatable bonds is 4. The molecule has 5 heteroatoms. The summed E-state index contributed by atoms with van der Waals surface area (Å²) in [6.07, 6.45) is 0.880. The third-order valence-corrected chi connectivity index (χ3v) is 3.99. The van der Waals surface area contributed by atoms with E-state index in [1.165, 1.54) is 0 Å². The van der Waals surface area contributed by atoms with Crippen molar-refractivity contribution < 1.29 is 10.2 Å². The zero-order valence-corrected chi connectivity index (χ0v) is 13.3. The number of hydrogen-bond acceptors (Lipinski definition) is 3. The largest absolute Gasteiger partial charge is 0.392 e. The van der Waals surface area contributed by atoms with E-state index in [9.17, 15) is 10.2 Å². The molecule has 0 aliphatic carbocycles. The van der Waals surface area contributed by atoms with Crippen molar-refractivity contribution in [1.29, 1.82) is 0 Å². The Morgan fingerprint density at radius 1 is 1.05 bits per heavy atom. The number of halogens is 1. The van der Waals surface area contributed by atoms with Crippen LogP contribution in [0.2, 0.25) is 0 Å². The maximum atomic E-state index is 10.5. The Hall–Kier alpha value is -1.95. The van der Waals surface area contributed by atoms with E-state index in [4.69, 9.17) is 0 Å². The molecule has 3 aromatic rings. The Bertz CT molecular complexity index is 754. The van der Waals surface area contributed by atoms with Crippen LogP contribution in [0.15, 0.2) is 65.3 Å². The van der Waals surface area contributed by atoms with Gasteiger partial charge in [0.25, 0.3) is 0 Å². The second kappa shape index (κ2) is 6.44. The first-order valence-corrected chi connectivity index (χ1v) is 7.66. The fourth-order valence-corrected chi connectivity index (χ4v) is 2.56.